The molecule has 1 amide bonds. The summed E-state index contributed by atoms with van der Waals surface area (Å²) in [5.74, 6) is -0.226. The van der Waals surface area contributed by atoms with Crippen molar-refractivity contribution in [3.8, 4) is 0 Å². The molecule has 0 fully saturated rings. The molecule has 0 radical (unpaired) electrons. The van der Waals surface area contributed by atoms with Gasteiger partial charge in [0.2, 0.25) is 0 Å². The molecule has 1 aliphatic heterocycles. The highest BCUT2D eigenvalue weighted by Gasteiger charge is 2.31. The highest BCUT2D eigenvalue weighted by Crippen LogP contribution is 2.19. The molecule has 0 saturated carbocycles. The Kier molecular flexibility index (Phi) is 4.61. The third-order valence-corrected chi connectivity index (χ3v) is 2.89. The van der Waals surface area contributed by atoms with E-state index >= 15 is 0 Å². The van der Waals surface area contributed by atoms with Gasteiger partial charge in [-0.15, -0.1) is 0 Å². The van der Waals surface area contributed by atoms with E-state index < -0.39 is 0 Å². The number of likely N-dealkylation sites (N-methyl/N-ethyl adjacent to an activating group) is 2. The van der Waals surface area contributed by atoms with Crippen LogP contribution in [-0.4, -0.2) is 53.2 Å². The summed E-state index contributed by atoms with van der Waals surface area (Å²) < 4.78 is 0. The summed E-state index contributed by atoms with van der Waals surface area (Å²) in [6.07, 6.45) is 1.43. The predicted octanol–water partition coefficient (Wildman–Crippen LogP) is 0.778. The summed E-state index contributed by atoms with van der Waals surface area (Å²) in [4.78, 5) is 27.3. The molecule has 0 bridgehead atoms. The Morgan fingerprint density at radius 2 is 2.00 bits per heavy atom. The van der Waals surface area contributed by atoms with Gasteiger partial charge in [-0.1, -0.05) is 0 Å². The lowest BCUT2D eigenvalue weighted by Gasteiger charge is -2.32. The van der Waals surface area contributed by atoms with Crippen molar-refractivity contribution in [2.75, 3.05) is 26.7 Å². The zero-order valence-corrected chi connectivity index (χ0v) is 11.1. The van der Waals surface area contributed by atoms with E-state index in [1.54, 1.807) is 7.05 Å². The molecular weight excluding hydrogens is 236 g/mol. The fraction of sp³-hybridized carbons (Fsp3) is 0.500. The smallest absolute Gasteiger partial charge is 0.271 e. The fourth-order valence-electron chi connectivity index (χ4n) is 1.85. The number of ketones is 1. The minimum atomic E-state index is -0.134. The molecule has 0 aromatic carbocycles. The standard InChI is InChI=1S/C12H16N2O2S/c1-4-14(5-2)11-9(6-7-17)10(15)8-13(3)12(11)16/h6H,4-5,8H2,1-3H3. The first-order valence-corrected chi connectivity index (χ1v) is 5.96. The molecule has 1 rings (SSSR count). The molecule has 0 unspecified atom stereocenters. The lowest BCUT2D eigenvalue weighted by Crippen LogP contribution is -2.44. The Morgan fingerprint density at radius 3 is 2.47 bits per heavy atom. The van der Waals surface area contributed by atoms with Gasteiger partial charge in [0, 0.05) is 26.2 Å². The van der Waals surface area contributed by atoms with Gasteiger partial charge >= 0.3 is 0 Å². The third-order valence-electron chi connectivity index (χ3n) is 2.77. The van der Waals surface area contributed by atoms with Crippen LogP contribution in [0.3, 0.4) is 0 Å². The van der Waals surface area contributed by atoms with E-state index in [-0.39, 0.29) is 18.2 Å². The fourth-order valence-corrected chi connectivity index (χ4v) is 1.97. The quantitative estimate of drug-likeness (QED) is 0.693. The average molecular weight is 252 g/mol. The molecular formula is C12H16N2O2S. The highest BCUT2D eigenvalue weighted by molar-refractivity contribution is 7.78. The summed E-state index contributed by atoms with van der Waals surface area (Å²) in [6, 6.07) is 0. The molecule has 0 spiro atoms. The first-order valence-electron chi connectivity index (χ1n) is 5.55. The number of rotatable bonds is 4. The molecule has 5 heteroatoms. The van der Waals surface area contributed by atoms with Crippen LogP contribution in [-0.2, 0) is 9.59 Å². The number of nitrogens with zero attached hydrogens (tertiary/aromatic N) is 2. The molecule has 4 nitrogen and oxygen atoms in total. The summed E-state index contributed by atoms with van der Waals surface area (Å²) in [7, 11) is 1.63. The van der Waals surface area contributed by atoms with E-state index in [4.69, 9.17) is 0 Å². The van der Waals surface area contributed by atoms with Crippen molar-refractivity contribution in [3.05, 3.63) is 17.3 Å². The molecule has 0 aromatic rings. The number of thiocarbonyl (C=S) groups is 1. The lowest BCUT2D eigenvalue weighted by molar-refractivity contribution is -0.133. The topological polar surface area (TPSA) is 40.6 Å². The van der Waals surface area contributed by atoms with Crippen LogP contribution in [0, 0.1) is 0 Å². The van der Waals surface area contributed by atoms with E-state index in [9.17, 15) is 9.59 Å². The molecule has 92 valence electrons. The first kappa shape index (κ1) is 13.6. The SMILES string of the molecule is CCN(CC)C1=C(C=C=S)C(=O)CN(C)C1=O. The van der Waals surface area contributed by atoms with E-state index in [0.717, 1.165) is 0 Å². The Bertz CT molecular complexity index is 418. The van der Waals surface area contributed by atoms with E-state index in [1.165, 1.54) is 11.0 Å². The molecule has 0 N–H and O–H groups in total. The number of amides is 1. The molecule has 17 heavy (non-hydrogen) atoms. The van der Waals surface area contributed by atoms with Crippen molar-refractivity contribution in [1.82, 2.24) is 9.80 Å². The Morgan fingerprint density at radius 1 is 1.41 bits per heavy atom. The Balaban J connectivity index is 3.37. The monoisotopic (exact) mass is 252 g/mol. The van der Waals surface area contributed by atoms with Crippen molar-refractivity contribution >= 4 is 28.9 Å². The van der Waals surface area contributed by atoms with E-state index in [1.807, 2.05) is 18.7 Å². The predicted molar refractivity (Wildman–Crippen MR) is 69.8 cm³/mol. The van der Waals surface area contributed by atoms with Crippen LogP contribution < -0.4 is 0 Å². The largest absolute Gasteiger partial charge is 0.367 e. The second-order valence-electron chi connectivity index (χ2n) is 3.78. The first-order chi connectivity index (χ1) is 8.06. The third kappa shape index (κ3) is 2.62. The summed E-state index contributed by atoms with van der Waals surface area (Å²) >= 11 is 4.63. The summed E-state index contributed by atoms with van der Waals surface area (Å²) in [5, 5.41) is 2.42. The lowest BCUT2D eigenvalue weighted by atomic mass is 10.0. The van der Waals surface area contributed by atoms with Gasteiger partial charge in [0.1, 0.15) is 5.70 Å². The Hall–Kier alpha value is -1.45. The molecule has 1 heterocycles. The van der Waals surface area contributed by atoms with Crippen molar-refractivity contribution < 1.29 is 9.59 Å². The van der Waals surface area contributed by atoms with Crippen LogP contribution in [0.1, 0.15) is 13.8 Å². The number of allylic oxidation sites excluding steroid dienone is 1. The minimum Gasteiger partial charge on any atom is -0.367 e. The van der Waals surface area contributed by atoms with Gasteiger partial charge < -0.3 is 9.80 Å². The minimum absolute atomic E-state index is 0.0913. The molecule has 0 atom stereocenters. The maximum atomic E-state index is 12.1. The van der Waals surface area contributed by atoms with Gasteiger partial charge in [-0.05, 0) is 31.1 Å². The van der Waals surface area contributed by atoms with Crippen LogP contribution in [0.4, 0.5) is 0 Å². The van der Waals surface area contributed by atoms with Crippen LogP contribution >= 0.6 is 12.2 Å². The van der Waals surface area contributed by atoms with Gasteiger partial charge in [-0.3, -0.25) is 9.59 Å². The van der Waals surface area contributed by atoms with Crippen molar-refractivity contribution in [2.24, 2.45) is 0 Å². The number of carbonyl (C=O) groups is 2. The van der Waals surface area contributed by atoms with E-state index in [0.29, 0.717) is 24.4 Å². The number of carbonyl (C=O) groups excluding carboxylic acids is 2. The second kappa shape index (κ2) is 5.75. The van der Waals surface area contributed by atoms with Gasteiger partial charge in [-0.2, -0.15) is 0 Å². The summed E-state index contributed by atoms with van der Waals surface area (Å²) in [6.45, 7) is 5.34. The van der Waals surface area contributed by atoms with Crippen LogP contribution in [0.2, 0.25) is 0 Å². The van der Waals surface area contributed by atoms with Crippen LogP contribution in [0.25, 0.3) is 0 Å². The number of hydrogen-bond donors (Lipinski definition) is 0. The summed E-state index contributed by atoms with van der Waals surface area (Å²) in [5.41, 5.74) is 0.818. The Labute approximate surface area is 107 Å². The number of hydrogen-bond acceptors (Lipinski definition) is 4. The van der Waals surface area contributed by atoms with Crippen molar-refractivity contribution in [2.45, 2.75) is 13.8 Å². The van der Waals surface area contributed by atoms with Gasteiger partial charge in [0.15, 0.2) is 5.78 Å². The normalized spacial score (nSPS) is 16.1. The molecule has 0 saturated heterocycles. The van der Waals surface area contributed by atoms with Crippen LogP contribution in [0.5, 0.6) is 0 Å². The zero-order valence-electron chi connectivity index (χ0n) is 10.3. The van der Waals surface area contributed by atoms with Gasteiger partial charge in [0.05, 0.1) is 12.1 Å². The maximum Gasteiger partial charge on any atom is 0.271 e. The molecule has 0 aliphatic carbocycles. The second-order valence-corrected chi connectivity index (χ2v) is 4.02. The molecule has 0 aromatic heterocycles. The van der Waals surface area contributed by atoms with Crippen molar-refractivity contribution in [3.63, 3.8) is 0 Å². The van der Waals surface area contributed by atoms with E-state index in [2.05, 4.69) is 17.2 Å². The zero-order chi connectivity index (χ0) is 13.0. The number of Topliss-reactive ketones (excluding diaryl/α,β-unsaturated/α-hetero) is 1. The van der Waals surface area contributed by atoms with Crippen molar-refractivity contribution in [1.29, 1.82) is 0 Å². The van der Waals surface area contributed by atoms with Crippen LogP contribution in [0.15, 0.2) is 17.3 Å². The maximum absolute atomic E-state index is 12.1. The average Bonchev–Trinajstić information content (AvgIpc) is 2.31. The molecule has 1 aliphatic rings. The van der Waals surface area contributed by atoms with Gasteiger partial charge in [-0.25, -0.2) is 0 Å². The van der Waals surface area contributed by atoms with Gasteiger partial charge in [0.25, 0.3) is 5.91 Å². The highest BCUT2D eigenvalue weighted by atomic mass is 32.1.